The van der Waals surface area contributed by atoms with E-state index in [1.54, 1.807) is 67.7 Å². The quantitative estimate of drug-likeness (QED) is 0.0984. The number of carbonyl (C=O) groups excluding carboxylic acids is 1. The zero-order valence-electron chi connectivity index (χ0n) is 22.8. The molecule has 0 aliphatic rings. The number of amides is 1. The van der Waals surface area contributed by atoms with Gasteiger partial charge in [-0.2, -0.15) is 0 Å². The smallest absolute Gasteiger partial charge is 0.416 e. The Morgan fingerprint density at radius 3 is 2.42 bits per heavy atom. The molecule has 0 spiro atoms. The third-order valence-electron chi connectivity index (χ3n) is 5.78. The van der Waals surface area contributed by atoms with Gasteiger partial charge in [-0.25, -0.2) is 9.78 Å². The molecule has 0 radical (unpaired) electrons. The Morgan fingerprint density at radius 1 is 1.05 bits per heavy atom. The van der Waals surface area contributed by atoms with Crippen molar-refractivity contribution >= 4 is 34.8 Å². The van der Waals surface area contributed by atoms with Crippen LogP contribution in [0.3, 0.4) is 0 Å². The molecule has 12 nitrogen and oxygen atoms in total. The number of hydrogen-bond donors (Lipinski definition) is 7. The third-order valence-corrected chi connectivity index (χ3v) is 5.78. The third kappa shape index (κ3) is 9.98. The monoisotopic (exact) mass is 552 g/mol. The lowest BCUT2D eigenvalue weighted by Crippen LogP contribution is -2.29. The number of aliphatic hydroxyl groups excluding tert-OH is 1. The Balaban J connectivity index is 0.000000286. The number of nitrogens with zero attached hydrogens (tertiary/aromatic N) is 2. The number of aromatic nitrogens is 1. The van der Waals surface area contributed by atoms with E-state index in [2.05, 4.69) is 16.9 Å². The highest BCUT2D eigenvalue weighted by Crippen LogP contribution is 2.22. The standard InChI is InChI=1S/C16H18N2O4.C12H22N6/c1-18(14-8-4-2-6-12(14)10-19)16(20)22-11-21-15-9-5-3-7-13(15)17;1-8(9(14)4-2-3-7-13)17-11-6-5-10(15)12(16)18-11/h2-9,19H,10-11,17H2,1H3;5-6,9H,1-4,7,13-15H2,(H3,16,17,18). The highest BCUT2D eigenvalue weighted by molar-refractivity contribution is 5.87. The van der Waals surface area contributed by atoms with Crippen LogP contribution in [0.4, 0.5) is 33.5 Å². The van der Waals surface area contributed by atoms with Gasteiger partial charge in [0.05, 0.1) is 23.7 Å². The molecule has 0 aliphatic heterocycles. The van der Waals surface area contributed by atoms with Crippen molar-refractivity contribution < 1.29 is 19.4 Å². The summed E-state index contributed by atoms with van der Waals surface area (Å²) in [4.78, 5) is 17.4. The first-order valence-corrected chi connectivity index (χ1v) is 12.7. The first-order valence-electron chi connectivity index (χ1n) is 12.7. The maximum absolute atomic E-state index is 12.0. The molecule has 0 saturated heterocycles. The number of nitrogens with one attached hydrogen (secondary N) is 1. The van der Waals surface area contributed by atoms with Gasteiger partial charge in [0.15, 0.2) is 0 Å². The molecule has 0 fully saturated rings. The van der Waals surface area contributed by atoms with Gasteiger partial charge in [0.1, 0.15) is 17.4 Å². The normalized spacial score (nSPS) is 11.0. The van der Waals surface area contributed by atoms with Crippen molar-refractivity contribution in [3.63, 3.8) is 0 Å². The van der Waals surface area contributed by atoms with E-state index in [0.717, 1.165) is 19.3 Å². The van der Waals surface area contributed by atoms with E-state index in [4.69, 9.17) is 38.1 Å². The van der Waals surface area contributed by atoms with Crippen LogP contribution in [0.25, 0.3) is 0 Å². The van der Waals surface area contributed by atoms with Crippen molar-refractivity contribution in [3.05, 3.63) is 78.5 Å². The highest BCUT2D eigenvalue weighted by Gasteiger charge is 2.15. The topological polar surface area (TPSA) is 214 Å². The molecule has 1 unspecified atom stereocenters. The highest BCUT2D eigenvalue weighted by atomic mass is 16.7. The fourth-order valence-corrected chi connectivity index (χ4v) is 3.42. The summed E-state index contributed by atoms with van der Waals surface area (Å²) in [6.45, 7) is 4.17. The summed E-state index contributed by atoms with van der Waals surface area (Å²) in [5, 5.41) is 12.3. The molecule has 40 heavy (non-hydrogen) atoms. The number of nitrogen functional groups attached to an aromatic ring is 3. The van der Waals surface area contributed by atoms with Gasteiger partial charge < -0.3 is 48.6 Å². The number of rotatable bonds is 12. The Bertz CT molecular complexity index is 1240. The maximum atomic E-state index is 12.0. The van der Waals surface area contributed by atoms with Gasteiger partial charge in [0.25, 0.3) is 0 Å². The molecule has 12 N–H and O–H groups in total. The lowest BCUT2D eigenvalue weighted by Gasteiger charge is -2.19. The van der Waals surface area contributed by atoms with Crippen LogP contribution in [0.1, 0.15) is 24.8 Å². The van der Waals surface area contributed by atoms with Crippen molar-refractivity contribution in [2.75, 3.05) is 47.8 Å². The molecule has 1 heterocycles. The van der Waals surface area contributed by atoms with Crippen molar-refractivity contribution in [2.45, 2.75) is 31.9 Å². The average molecular weight is 553 g/mol. The molecule has 1 amide bonds. The van der Waals surface area contributed by atoms with Crippen molar-refractivity contribution in [1.82, 2.24) is 4.98 Å². The number of ether oxygens (including phenoxy) is 2. The van der Waals surface area contributed by atoms with Crippen LogP contribution >= 0.6 is 0 Å². The minimum atomic E-state index is -0.588. The van der Waals surface area contributed by atoms with E-state index in [0.29, 0.717) is 52.3 Å². The molecule has 0 bridgehead atoms. The minimum Gasteiger partial charge on any atom is -0.455 e. The van der Waals surface area contributed by atoms with Crippen LogP contribution in [-0.4, -0.2) is 42.6 Å². The molecule has 3 rings (SSSR count). The van der Waals surface area contributed by atoms with Gasteiger partial charge in [-0.15, -0.1) is 0 Å². The number of para-hydroxylation sites is 3. The summed E-state index contributed by atoms with van der Waals surface area (Å²) in [5.41, 5.74) is 31.2. The van der Waals surface area contributed by atoms with E-state index in [1.165, 1.54) is 4.90 Å². The minimum absolute atomic E-state index is 0.128. The molecule has 0 saturated carbocycles. The number of unbranched alkanes of at least 4 members (excludes halogenated alkanes) is 1. The molecule has 0 aliphatic carbocycles. The van der Waals surface area contributed by atoms with Gasteiger partial charge in [-0.05, 0) is 49.7 Å². The first-order chi connectivity index (χ1) is 19.2. The zero-order chi connectivity index (χ0) is 29.5. The summed E-state index contributed by atoms with van der Waals surface area (Å²) in [6.07, 6.45) is 2.20. The second kappa shape index (κ2) is 16.4. The lowest BCUT2D eigenvalue weighted by atomic mass is 10.1. The number of anilines is 5. The van der Waals surface area contributed by atoms with Crippen LogP contribution in [0.15, 0.2) is 72.9 Å². The Morgan fingerprint density at radius 2 is 1.75 bits per heavy atom. The molecule has 216 valence electrons. The van der Waals surface area contributed by atoms with Crippen LogP contribution in [-0.2, 0) is 11.3 Å². The molecule has 1 aromatic heterocycles. The summed E-state index contributed by atoms with van der Waals surface area (Å²) < 4.78 is 10.4. The largest absolute Gasteiger partial charge is 0.455 e. The van der Waals surface area contributed by atoms with Gasteiger partial charge in [0.2, 0.25) is 6.79 Å². The van der Waals surface area contributed by atoms with Crippen LogP contribution < -0.4 is 43.6 Å². The summed E-state index contributed by atoms with van der Waals surface area (Å²) in [6, 6.07) is 17.3. The summed E-state index contributed by atoms with van der Waals surface area (Å²) >= 11 is 0. The second-order valence-electron chi connectivity index (χ2n) is 8.77. The van der Waals surface area contributed by atoms with Crippen LogP contribution in [0.5, 0.6) is 5.75 Å². The Kier molecular flexibility index (Phi) is 13.0. The molecule has 2 aromatic carbocycles. The number of carbonyl (C=O) groups is 1. The van der Waals surface area contributed by atoms with Crippen molar-refractivity contribution in [2.24, 2.45) is 11.5 Å². The van der Waals surface area contributed by atoms with E-state index >= 15 is 0 Å². The van der Waals surface area contributed by atoms with Crippen LogP contribution in [0.2, 0.25) is 0 Å². The average Bonchev–Trinajstić information content (AvgIpc) is 2.96. The zero-order valence-corrected chi connectivity index (χ0v) is 22.8. The second-order valence-corrected chi connectivity index (χ2v) is 8.77. The van der Waals surface area contributed by atoms with E-state index in [9.17, 15) is 9.90 Å². The molecule has 3 aromatic rings. The van der Waals surface area contributed by atoms with Gasteiger partial charge >= 0.3 is 6.09 Å². The van der Waals surface area contributed by atoms with Gasteiger partial charge in [0, 0.05) is 24.4 Å². The lowest BCUT2D eigenvalue weighted by molar-refractivity contribution is 0.0652. The fraction of sp³-hybridized carbons (Fsp3) is 0.286. The number of pyridine rings is 1. The first kappa shape index (κ1) is 31.7. The molecular weight excluding hydrogens is 512 g/mol. The Labute approximate surface area is 234 Å². The number of nitrogens with two attached hydrogens (primary N) is 5. The summed E-state index contributed by atoms with van der Waals surface area (Å²) in [5.74, 6) is 1.35. The van der Waals surface area contributed by atoms with Crippen molar-refractivity contribution in [1.29, 1.82) is 0 Å². The fourth-order valence-electron chi connectivity index (χ4n) is 3.42. The summed E-state index contributed by atoms with van der Waals surface area (Å²) in [7, 11) is 1.56. The molecule has 12 heteroatoms. The van der Waals surface area contributed by atoms with E-state index in [-0.39, 0.29) is 19.4 Å². The predicted molar refractivity (Wildman–Crippen MR) is 160 cm³/mol. The Hall–Kier alpha value is -4.52. The van der Waals surface area contributed by atoms with Crippen LogP contribution in [0, 0.1) is 0 Å². The molecular formula is C28H40N8O4. The van der Waals surface area contributed by atoms with E-state index < -0.39 is 6.09 Å². The number of aliphatic hydroxyl groups is 1. The number of benzene rings is 2. The number of hydrogen-bond acceptors (Lipinski definition) is 11. The van der Waals surface area contributed by atoms with Gasteiger partial charge in [-0.3, -0.25) is 4.90 Å². The molecule has 1 atom stereocenters. The maximum Gasteiger partial charge on any atom is 0.416 e. The predicted octanol–water partition coefficient (Wildman–Crippen LogP) is 3.00. The SMILES string of the molecule is C=C(Nc1ccc(N)c(N)n1)C(N)CCCCN.CN(C(=O)OCOc1ccccc1N)c1ccccc1CO. The van der Waals surface area contributed by atoms with Crippen molar-refractivity contribution in [3.8, 4) is 5.75 Å². The van der Waals surface area contributed by atoms with E-state index in [1.807, 2.05) is 0 Å². The van der Waals surface area contributed by atoms with Gasteiger partial charge in [-0.1, -0.05) is 43.3 Å².